The van der Waals surface area contributed by atoms with Gasteiger partial charge in [-0.15, -0.1) is 0 Å². The van der Waals surface area contributed by atoms with Gasteiger partial charge >= 0.3 is 0 Å². The Morgan fingerprint density at radius 2 is 1.67 bits per heavy atom. The van der Waals surface area contributed by atoms with Crippen molar-refractivity contribution in [1.82, 2.24) is 4.90 Å². The average Bonchev–Trinajstić information content (AvgIpc) is 3.08. The maximum Gasteiger partial charge on any atom is 0.293 e. The Labute approximate surface area is 198 Å². The molecule has 1 saturated heterocycles. The van der Waals surface area contributed by atoms with Gasteiger partial charge in [0.15, 0.2) is 11.5 Å². The van der Waals surface area contributed by atoms with E-state index in [1.165, 1.54) is 4.90 Å². The fourth-order valence-corrected chi connectivity index (χ4v) is 4.32. The Hall–Kier alpha value is -3.51. The molecule has 0 bridgehead atoms. The molecule has 0 unspecified atom stereocenters. The van der Waals surface area contributed by atoms with Crippen LogP contribution in [0.25, 0.3) is 6.08 Å². The van der Waals surface area contributed by atoms with Crippen LogP contribution in [0.4, 0.5) is 4.79 Å². The first-order valence-corrected chi connectivity index (χ1v) is 11.6. The van der Waals surface area contributed by atoms with Crippen molar-refractivity contribution in [1.29, 1.82) is 0 Å². The number of hydrogen-bond acceptors (Lipinski definition) is 5. The molecular weight excluding hydrogens is 434 g/mol. The van der Waals surface area contributed by atoms with Crippen molar-refractivity contribution in [3.63, 3.8) is 0 Å². The van der Waals surface area contributed by atoms with Crippen LogP contribution in [0.5, 0.6) is 11.5 Å². The Morgan fingerprint density at radius 3 is 2.42 bits per heavy atom. The van der Waals surface area contributed by atoms with Crippen LogP contribution in [0.2, 0.25) is 0 Å². The number of hydrogen-bond donors (Lipinski definition) is 0. The van der Waals surface area contributed by atoms with Crippen molar-refractivity contribution in [2.24, 2.45) is 0 Å². The van der Waals surface area contributed by atoms with E-state index in [9.17, 15) is 9.59 Å². The number of aryl methyl sites for hydroxylation is 1. The minimum atomic E-state index is -0.282. The van der Waals surface area contributed by atoms with Gasteiger partial charge in [-0.3, -0.25) is 14.5 Å². The maximum atomic E-state index is 12.9. The van der Waals surface area contributed by atoms with Gasteiger partial charge in [-0.05, 0) is 66.1 Å². The van der Waals surface area contributed by atoms with E-state index in [-0.39, 0.29) is 17.7 Å². The van der Waals surface area contributed by atoms with E-state index in [1.54, 1.807) is 6.08 Å². The number of amides is 2. The summed E-state index contributed by atoms with van der Waals surface area (Å²) in [6, 6.07) is 23.2. The molecule has 0 radical (unpaired) electrons. The van der Waals surface area contributed by atoms with E-state index in [4.69, 9.17) is 9.47 Å². The van der Waals surface area contributed by atoms with Crippen LogP contribution < -0.4 is 9.47 Å². The number of benzene rings is 3. The lowest BCUT2D eigenvalue weighted by Crippen LogP contribution is -2.27. The van der Waals surface area contributed by atoms with Gasteiger partial charge in [0.1, 0.15) is 6.61 Å². The Bertz CT molecular complexity index is 1190. The molecule has 1 aliphatic rings. The molecule has 6 heteroatoms. The molecule has 1 fully saturated rings. The van der Waals surface area contributed by atoms with Gasteiger partial charge in [0, 0.05) is 0 Å². The lowest BCUT2D eigenvalue weighted by Gasteiger charge is -2.14. The third-order valence-corrected chi connectivity index (χ3v) is 6.17. The quantitative estimate of drug-likeness (QED) is 0.375. The van der Waals surface area contributed by atoms with Gasteiger partial charge in [-0.1, -0.05) is 60.7 Å². The Balaban J connectivity index is 1.51. The van der Waals surface area contributed by atoms with E-state index in [1.807, 2.05) is 86.6 Å². The monoisotopic (exact) mass is 459 g/mol. The molecule has 0 atom stereocenters. The van der Waals surface area contributed by atoms with Crippen LogP contribution in [-0.4, -0.2) is 22.7 Å². The zero-order valence-corrected chi connectivity index (χ0v) is 19.4. The minimum Gasteiger partial charge on any atom is -0.490 e. The van der Waals surface area contributed by atoms with Crippen molar-refractivity contribution in [3.05, 3.63) is 100.0 Å². The molecule has 1 heterocycles. The summed E-state index contributed by atoms with van der Waals surface area (Å²) in [6.45, 7) is 5.06. The summed E-state index contributed by atoms with van der Waals surface area (Å²) in [5.74, 6) is 0.947. The van der Waals surface area contributed by atoms with Crippen LogP contribution in [0.15, 0.2) is 77.7 Å². The Kier molecular flexibility index (Phi) is 7.15. The highest BCUT2D eigenvalue weighted by molar-refractivity contribution is 8.18. The maximum absolute atomic E-state index is 12.9. The largest absolute Gasteiger partial charge is 0.490 e. The number of thioether (sulfide) groups is 1. The second-order valence-corrected chi connectivity index (χ2v) is 8.60. The van der Waals surface area contributed by atoms with Crippen LogP contribution >= 0.6 is 11.8 Å². The van der Waals surface area contributed by atoms with Crippen molar-refractivity contribution >= 4 is 29.0 Å². The molecule has 3 aromatic rings. The van der Waals surface area contributed by atoms with E-state index in [2.05, 4.69) is 0 Å². The van der Waals surface area contributed by atoms with Gasteiger partial charge in [0.25, 0.3) is 11.1 Å². The molecule has 0 saturated carbocycles. The molecule has 1 aliphatic heterocycles. The highest BCUT2D eigenvalue weighted by Crippen LogP contribution is 2.35. The first-order valence-electron chi connectivity index (χ1n) is 10.8. The van der Waals surface area contributed by atoms with Crippen LogP contribution in [0.1, 0.15) is 29.2 Å². The topological polar surface area (TPSA) is 55.8 Å². The van der Waals surface area contributed by atoms with Crippen molar-refractivity contribution < 1.29 is 19.1 Å². The van der Waals surface area contributed by atoms with Crippen LogP contribution in [0, 0.1) is 6.92 Å². The summed E-state index contributed by atoms with van der Waals surface area (Å²) in [7, 11) is 0. The predicted octanol–water partition coefficient (Wildman–Crippen LogP) is 6.21. The van der Waals surface area contributed by atoms with Gasteiger partial charge < -0.3 is 9.47 Å². The summed E-state index contributed by atoms with van der Waals surface area (Å²) in [4.78, 5) is 27.1. The summed E-state index contributed by atoms with van der Waals surface area (Å²) in [5, 5.41) is -0.262. The highest BCUT2D eigenvalue weighted by Gasteiger charge is 2.35. The van der Waals surface area contributed by atoms with Gasteiger partial charge in [0.2, 0.25) is 0 Å². The first-order chi connectivity index (χ1) is 16.0. The number of rotatable bonds is 8. The molecular formula is C27H25NO4S. The normalized spacial score (nSPS) is 14.7. The third-order valence-electron chi connectivity index (χ3n) is 5.27. The smallest absolute Gasteiger partial charge is 0.293 e. The summed E-state index contributed by atoms with van der Waals surface area (Å²) >= 11 is 0.959. The van der Waals surface area contributed by atoms with Crippen molar-refractivity contribution in [3.8, 4) is 11.5 Å². The van der Waals surface area contributed by atoms with E-state index >= 15 is 0 Å². The number of imide groups is 1. The second-order valence-electron chi connectivity index (χ2n) is 7.61. The SMILES string of the molecule is CCOc1cc(/C=C2\SC(=O)N(Cc3ccccc3C)C2=O)ccc1OCc1ccccc1. The number of carbonyl (C=O) groups is 2. The fourth-order valence-electron chi connectivity index (χ4n) is 3.48. The summed E-state index contributed by atoms with van der Waals surface area (Å²) < 4.78 is 11.7. The van der Waals surface area contributed by atoms with E-state index in [0.29, 0.717) is 29.6 Å². The predicted molar refractivity (Wildman–Crippen MR) is 131 cm³/mol. The molecule has 0 aromatic heterocycles. The Morgan fingerprint density at radius 1 is 0.909 bits per heavy atom. The van der Waals surface area contributed by atoms with E-state index in [0.717, 1.165) is 34.0 Å². The number of carbonyl (C=O) groups excluding carboxylic acids is 2. The number of nitrogens with zero attached hydrogens (tertiary/aromatic N) is 1. The zero-order chi connectivity index (χ0) is 23.2. The fraction of sp³-hybridized carbons (Fsp3) is 0.185. The van der Waals surface area contributed by atoms with Crippen LogP contribution in [-0.2, 0) is 17.9 Å². The van der Waals surface area contributed by atoms with Crippen LogP contribution in [0.3, 0.4) is 0 Å². The van der Waals surface area contributed by atoms with E-state index < -0.39 is 0 Å². The third kappa shape index (κ3) is 5.46. The lowest BCUT2D eigenvalue weighted by atomic mass is 10.1. The summed E-state index contributed by atoms with van der Waals surface area (Å²) in [6.07, 6.45) is 1.73. The second kappa shape index (κ2) is 10.4. The number of ether oxygens (including phenoxy) is 2. The lowest BCUT2D eigenvalue weighted by molar-refractivity contribution is -0.123. The highest BCUT2D eigenvalue weighted by atomic mass is 32.2. The summed E-state index contributed by atoms with van der Waals surface area (Å²) in [5.41, 5.74) is 3.84. The zero-order valence-electron chi connectivity index (χ0n) is 18.6. The molecule has 0 aliphatic carbocycles. The minimum absolute atomic E-state index is 0.262. The molecule has 2 amide bonds. The molecule has 33 heavy (non-hydrogen) atoms. The molecule has 0 N–H and O–H groups in total. The molecule has 4 rings (SSSR count). The van der Waals surface area contributed by atoms with Crippen molar-refractivity contribution in [2.75, 3.05) is 6.61 Å². The standard InChI is InChI=1S/C27H25NO4S/c1-3-31-24-15-21(13-14-23(24)32-18-20-10-5-4-6-11-20)16-25-26(29)28(27(30)33-25)17-22-12-8-7-9-19(22)2/h4-16H,3,17-18H2,1-2H3/b25-16-. The average molecular weight is 460 g/mol. The van der Waals surface area contributed by atoms with Gasteiger partial charge in [-0.25, -0.2) is 0 Å². The van der Waals surface area contributed by atoms with Gasteiger partial charge in [0.05, 0.1) is 18.1 Å². The molecule has 3 aromatic carbocycles. The molecule has 5 nitrogen and oxygen atoms in total. The molecule has 0 spiro atoms. The van der Waals surface area contributed by atoms with Crippen molar-refractivity contribution in [2.45, 2.75) is 27.0 Å². The first kappa shape index (κ1) is 22.7. The van der Waals surface area contributed by atoms with Gasteiger partial charge in [-0.2, -0.15) is 0 Å². The molecule has 168 valence electrons.